The summed E-state index contributed by atoms with van der Waals surface area (Å²) in [6, 6.07) is 12.0. The number of carbonyl (C=O) groups is 1. The van der Waals surface area contributed by atoms with E-state index in [1.54, 1.807) is 36.6 Å². The van der Waals surface area contributed by atoms with E-state index >= 15 is 0 Å². The van der Waals surface area contributed by atoms with E-state index in [4.69, 9.17) is 9.47 Å². The standard InChI is InChI=1S/C27H29N3O5S/c1-6-34-21-14-17(8-13-20(21)31)15-22-25(32)30-24(18-9-11-19(12-10-18)29(4)5)23(26(33)35-7-2)16(3)28-27(30)36-22/h8-15,24,31H,6-7H2,1-5H3/b22-15-/t24-/m1/s1. The number of carbonyl (C=O) groups excluding carboxylic acids is 1. The highest BCUT2D eigenvalue weighted by molar-refractivity contribution is 7.07. The topological polar surface area (TPSA) is 93.4 Å². The SMILES string of the molecule is CCOC(=O)C1=C(C)N=c2s/c(=C\c3ccc(O)c(OCC)c3)c(=O)n2[C@@H]1c1ccc(N(C)C)cc1. The number of hydrogen-bond acceptors (Lipinski definition) is 8. The normalized spacial score (nSPS) is 15.4. The van der Waals surface area contributed by atoms with Crippen molar-refractivity contribution < 1.29 is 19.4 Å². The molecule has 2 heterocycles. The number of esters is 1. The molecule has 36 heavy (non-hydrogen) atoms. The summed E-state index contributed by atoms with van der Waals surface area (Å²) in [6.07, 6.45) is 1.74. The number of aromatic hydroxyl groups is 1. The van der Waals surface area contributed by atoms with Crippen molar-refractivity contribution in [2.24, 2.45) is 4.99 Å². The maximum atomic E-state index is 13.7. The van der Waals surface area contributed by atoms with Crippen LogP contribution in [-0.4, -0.2) is 43.0 Å². The number of benzene rings is 2. The van der Waals surface area contributed by atoms with E-state index in [0.29, 0.717) is 38.5 Å². The average Bonchev–Trinajstić information content (AvgIpc) is 3.15. The van der Waals surface area contributed by atoms with Crippen LogP contribution in [0.25, 0.3) is 6.08 Å². The zero-order chi connectivity index (χ0) is 26.0. The van der Waals surface area contributed by atoms with E-state index in [2.05, 4.69) is 4.99 Å². The molecule has 8 nitrogen and oxygen atoms in total. The molecule has 3 aromatic rings. The summed E-state index contributed by atoms with van der Waals surface area (Å²) in [4.78, 5) is 33.8. The molecule has 0 radical (unpaired) electrons. The number of nitrogens with zero attached hydrogens (tertiary/aromatic N) is 3. The van der Waals surface area contributed by atoms with Gasteiger partial charge in [-0.2, -0.15) is 0 Å². The summed E-state index contributed by atoms with van der Waals surface area (Å²) in [5.74, 6) is -0.112. The van der Waals surface area contributed by atoms with Crippen molar-refractivity contribution in [1.82, 2.24) is 4.57 Å². The summed E-state index contributed by atoms with van der Waals surface area (Å²) >= 11 is 1.25. The number of rotatable bonds is 7. The van der Waals surface area contributed by atoms with E-state index in [1.807, 2.05) is 50.2 Å². The second-order valence-electron chi connectivity index (χ2n) is 8.45. The molecule has 188 valence electrons. The molecule has 1 aromatic heterocycles. The highest BCUT2D eigenvalue weighted by Gasteiger charge is 2.33. The van der Waals surface area contributed by atoms with Crippen molar-refractivity contribution in [1.29, 1.82) is 0 Å². The predicted molar refractivity (Wildman–Crippen MR) is 140 cm³/mol. The van der Waals surface area contributed by atoms with Gasteiger partial charge >= 0.3 is 5.97 Å². The van der Waals surface area contributed by atoms with Crippen LogP contribution in [0, 0.1) is 0 Å². The van der Waals surface area contributed by atoms with Gasteiger partial charge in [0.05, 0.1) is 35.1 Å². The predicted octanol–water partition coefficient (Wildman–Crippen LogP) is 2.97. The molecule has 0 saturated heterocycles. The number of phenols is 1. The van der Waals surface area contributed by atoms with Crippen LogP contribution in [0.1, 0.15) is 37.9 Å². The molecule has 0 fully saturated rings. The Balaban J connectivity index is 1.90. The maximum Gasteiger partial charge on any atom is 0.338 e. The molecular weight excluding hydrogens is 478 g/mol. The third-order valence-corrected chi connectivity index (χ3v) is 6.81. The van der Waals surface area contributed by atoms with Crippen LogP contribution in [0.4, 0.5) is 5.69 Å². The van der Waals surface area contributed by atoms with Gasteiger partial charge in [0.2, 0.25) is 0 Å². The van der Waals surface area contributed by atoms with Gasteiger partial charge in [-0.25, -0.2) is 9.79 Å². The fourth-order valence-electron chi connectivity index (χ4n) is 4.10. The van der Waals surface area contributed by atoms with Crippen molar-refractivity contribution >= 4 is 29.1 Å². The Labute approximate surface area is 213 Å². The highest BCUT2D eigenvalue weighted by Crippen LogP contribution is 2.32. The molecular formula is C27H29N3O5S. The number of ether oxygens (including phenoxy) is 2. The number of fused-ring (bicyclic) bond motifs is 1. The highest BCUT2D eigenvalue weighted by atomic mass is 32.1. The third-order valence-electron chi connectivity index (χ3n) is 5.82. The molecule has 0 spiro atoms. The van der Waals surface area contributed by atoms with Crippen LogP contribution >= 0.6 is 11.3 Å². The van der Waals surface area contributed by atoms with Crippen molar-refractivity contribution in [3.63, 3.8) is 0 Å². The van der Waals surface area contributed by atoms with E-state index < -0.39 is 12.0 Å². The Hall–Kier alpha value is -3.85. The van der Waals surface area contributed by atoms with Crippen LogP contribution in [0.2, 0.25) is 0 Å². The van der Waals surface area contributed by atoms with E-state index in [-0.39, 0.29) is 17.9 Å². The molecule has 1 aliphatic rings. The first-order valence-corrected chi connectivity index (χ1v) is 12.5. The molecule has 9 heteroatoms. The largest absolute Gasteiger partial charge is 0.504 e. The Morgan fingerprint density at radius 3 is 2.53 bits per heavy atom. The molecule has 0 amide bonds. The number of allylic oxidation sites excluding steroid dienone is 1. The maximum absolute atomic E-state index is 13.7. The summed E-state index contributed by atoms with van der Waals surface area (Å²) in [5, 5.41) is 10.0. The second-order valence-corrected chi connectivity index (χ2v) is 9.46. The molecule has 0 bridgehead atoms. The fraction of sp³-hybridized carbons (Fsp3) is 0.296. The van der Waals surface area contributed by atoms with Crippen LogP contribution in [0.5, 0.6) is 11.5 Å². The minimum atomic E-state index is -0.669. The first-order valence-electron chi connectivity index (χ1n) is 11.7. The monoisotopic (exact) mass is 507 g/mol. The number of hydrogen-bond donors (Lipinski definition) is 1. The smallest absolute Gasteiger partial charge is 0.338 e. The lowest BCUT2D eigenvalue weighted by Gasteiger charge is -2.25. The number of phenolic OH excluding ortho intramolecular Hbond substituents is 1. The minimum absolute atomic E-state index is 0.0336. The molecule has 0 unspecified atom stereocenters. The Bertz CT molecular complexity index is 1500. The molecule has 4 rings (SSSR count). The lowest BCUT2D eigenvalue weighted by molar-refractivity contribution is -0.139. The van der Waals surface area contributed by atoms with Crippen LogP contribution in [-0.2, 0) is 9.53 Å². The van der Waals surface area contributed by atoms with Gasteiger partial charge in [0.25, 0.3) is 5.56 Å². The Morgan fingerprint density at radius 2 is 1.89 bits per heavy atom. The molecule has 1 aliphatic heterocycles. The lowest BCUT2D eigenvalue weighted by Crippen LogP contribution is -2.39. The average molecular weight is 508 g/mol. The zero-order valence-electron chi connectivity index (χ0n) is 20.9. The van der Waals surface area contributed by atoms with Gasteiger partial charge in [0, 0.05) is 19.8 Å². The third kappa shape index (κ3) is 4.79. The molecule has 1 N–H and O–H groups in total. The first kappa shape index (κ1) is 25.2. The summed E-state index contributed by atoms with van der Waals surface area (Å²) < 4.78 is 12.8. The summed E-state index contributed by atoms with van der Waals surface area (Å²) in [5.41, 5.74) is 3.09. The van der Waals surface area contributed by atoms with Gasteiger partial charge in [-0.1, -0.05) is 29.5 Å². The minimum Gasteiger partial charge on any atom is -0.504 e. The Morgan fingerprint density at radius 1 is 1.17 bits per heavy atom. The molecule has 0 saturated carbocycles. The second kappa shape index (κ2) is 10.4. The van der Waals surface area contributed by atoms with Crippen LogP contribution in [0.3, 0.4) is 0 Å². The van der Waals surface area contributed by atoms with E-state index in [1.165, 1.54) is 17.4 Å². The summed E-state index contributed by atoms with van der Waals surface area (Å²) in [7, 11) is 3.90. The van der Waals surface area contributed by atoms with Gasteiger partial charge in [-0.05, 0) is 62.2 Å². The van der Waals surface area contributed by atoms with Gasteiger partial charge in [-0.15, -0.1) is 0 Å². The zero-order valence-corrected chi connectivity index (χ0v) is 21.8. The molecule has 1 atom stereocenters. The fourth-order valence-corrected chi connectivity index (χ4v) is 5.15. The van der Waals surface area contributed by atoms with E-state index in [9.17, 15) is 14.7 Å². The first-order chi connectivity index (χ1) is 17.2. The van der Waals surface area contributed by atoms with E-state index in [0.717, 1.165) is 11.3 Å². The number of anilines is 1. The van der Waals surface area contributed by atoms with Gasteiger partial charge in [0.1, 0.15) is 0 Å². The molecule has 0 aliphatic carbocycles. The number of thiazole rings is 1. The van der Waals surface area contributed by atoms with Crippen LogP contribution in [0.15, 0.2) is 63.5 Å². The van der Waals surface area contributed by atoms with Gasteiger partial charge in [-0.3, -0.25) is 9.36 Å². The lowest BCUT2D eigenvalue weighted by atomic mass is 9.95. The van der Waals surface area contributed by atoms with Gasteiger partial charge < -0.3 is 19.5 Å². The van der Waals surface area contributed by atoms with Crippen LogP contribution < -0.4 is 24.5 Å². The van der Waals surface area contributed by atoms with Crippen molar-refractivity contribution in [3.05, 3.63) is 84.5 Å². The summed E-state index contributed by atoms with van der Waals surface area (Å²) in [6.45, 7) is 5.96. The quantitative estimate of drug-likeness (QED) is 0.495. The number of aromatic nitrogens is 1. The van der Waals surface area contributed by atoms with Crippen molar-refractivity contribution in [2.45, 2.75) is 26.8 Å². The Kier molecular flexibility index (Phi) is 7.30. The molecule has 2 aromatic carbocycles. The van der Waals surface area contributed by atoms with Crippen molar-refractivity contribution in [2.75, 3.05) is 32.2 Å². The van der Waals surface area contributed by atoms with Gasteiger partial charge in [0.15, 0.2) is 16.3 Å². The van der Waals surface area contributed by atoms with Crippen molar-refractivity contribution in [3.8, 4) is 11.5 Å².